The van der Waals surface area contributed by atoms with Crippen LogP contribution < -0.4 is 0 Å². The predicted octanol–water partition coefficient (Wildman–Crippen LogP) is 11.6. The Bertz CT molecular complexity index is 3160. The molecule has 232 valence electrons. The highest BCUT2D eigenvalue weighted by Gasteiger charge is 2.18. The van der Waals surface area contributed by atoms with Crippen LogP contribution >= 0.6 is 0 Å². The lowest BCUT2D eigenvalue weighted by Gasteiger charge is -2.12. The molecule has 0 unspecified atom stereocenters. The van der Waals surface area contributed by atoms with Gasteiger partial charge in [0.15, 0.2) is 5.82 Å². The zero-order valence-corrected chi connectivity index (χ0v) is 26.7. The topological polar surface area (TPSA) is 56.2 Å². The van der Waals surface area contributed by atoms with Gasteiger partial charge in [0.05, 0.1) is 22.2 Å². The molecule has 0 spiro atoms. The number of rotatable bonds is 3. The molecular formula is C45H26N4O. The summed E-state index contributed by atoms with van der Waals surface area (Å²) >= 11 is 0. The van der Waals surface area contributed by atoms with Crippen molar-refractivity contribution in [3.63, 3.8) is 0 Å². The van der Waals surface area contributed by atoms with Crippen LogP contribution in [0.2, 0.25) is 0 Å². The zero-order valence-electron chi connectivity index (χ0n) is 26.7. The smallest absolute Gasteiger partial charge is 0.160 e. The number of imidazole rings is 1. The normalized spacial score (nSPS) is 12.0. The van der Waals surface area contributed by atoms with E-state index in [-0.39, 0.29) is 0 Å². The molecule has 0 aliphatic rings. The van der Waals surface area contributed by atoms with Crippen LogP contribution in [0.3, 0.4) is 0 Å². The van der Waals surface area contributed by atoms with Crippen molar-refractivity contribution in [3.8, 4) is 33.8 Å². The fourth-order valence-electron chi connectivity index (χ4n) is 7.63. The van der Waals surface area contributed by atoms with Crippen molar-refractivity contribution < 1.29 is 4.42 Å². The standard InChI is InChI=1S/C45H26N4O/c1-2-10-27(11-3-1)42-35-15-6-8-16-38(35)46-45(48-42)30-18-20-34-36(25-30)31-12-4-5-14-33(31)43-44(34)49-23-22-29(26-41(49)47-43)28-19-21-40-37(24-28)32-13-7-9-17-39(32)50-40/h1-26H. The van der Waals surface area contributed by atoms with E-state index in [0.717, 1.165) is 99.0 Å². The van der Waals surface area contributed by atoms with E-state index in [0.29, 0.717) is 5.82 Å². The summed E-state index contributed by atoms with van der Waals surface area (Å²) in [4.78, 5) is 15.5. The first-order valence-electron chi connectivity index (χ1n) is 16.8. The molecule has 4 aromatic heterocycles. The van der Waals surface area contributed by atoms with Crippen molar-refractivity contribution >= 4 is 71.1 Å². The average molecular weight is 639 g/mol. The van der Waals surface area contributed by atoms with Crippen LogP contribution in [0.25, 0.3) is 105 Å². The van der Waals surface area contributed by atoms with E-state index in [9.17, 15) is 0 Å². The van der Waals surface area contributed by atoms with Gasteiger partial charge < -0.3 is 4.42 Å². The van der Waals surface area contributed by atoms with Gasteiger partial charge in [-0.05, 0) is 64.4 Å². The van der Waals surface area contributed by atoms with E-state index in [1.54, 1.807) is 0 Å². The van der Waals surface area contributed by atoms with Crippen LogP contribution in [0.15, 0.2) is 162 Å². The van der Waals surface area contributed by atoms with Gasteiger partial charge in [-0.2, -0.15) is 0 Å². The van der Waals surface area contributed by atoms with E-state index in [1.807, 2.05) is 30.3 Å². The maximum absolute atomic E-state index is 6.09. The highest BCUT2D eigenvalue weighted by atomic mass is 16.3. The van der Waals surface area contributed by atoms with Gasteiger partial charge in [0.25, 0.3) is 0 Å². The lowest BCUT2D eigenvalue weighted by Crippen LogP contribution is -1.95. The largest absolute Gasteiger partial charge is 0.456 e. The Kier molecular flexibility index (Phi) is 5.60. The molecule has 0 fully saturated rings. The third-order valence-corrected chi connectivity index (χ3v) is 9.99. The number of furan rings is 1. The molecule has 0 bridgehead atoms. The van der Waals surface area contributed by atoms with Gasteiger partial charge in [0, 0.05) is 44.3 Å². The number of hydrogen-bond acceptors (Lipinski definition) is 4. The fraction of sp³-hybridized carbons (Fsp3) is 0. The van der Waals surface area contributed by atoms with Crippen molar-refractivity contribution in [2.24, 2.45) is 0 Å². The molecule has 0 aliphatic heterocycles. The quantitative estimate of drug-likeness (QED) is 0.181. The minimum atomic E-state index is 0.707. The second kappa shape index (κ2) is 10.3. The number of aromatic nitrogens is 4. The first-order chi connectivity index (χ1) is 24.8. The molecule has 0 aliphatic carbocycles. The molecule has 0 saturated carbocycles. The zero-order chi connectivity index (χ0) is 32.8. The number of hydrogen-bond donors (Lipinski definition) is 0. The van der Waals surface area contributed by atoms with E-state index in [4.69, 9.17) is 19.4 Å². The molecule has 11 rings (SSSR count). The number of benzene rings is 7. The van der Waals surface area contributed by atoms with Crippen molar-refractivity contribution in [2.45, 2.75) is 0 Å². The molecule has 4 heterocycles. The molecule has 11 aromatic rings. The van der Waals surface area contributed by atoms with Gasteiger partial charge in [-0.15, -0.1) is 0 Å². The predicted molar refractivity (Wildman–Crippen MR) is 204 cm³/mol. The van der Waals surface area contributed by atoms with Gasteiger partial charge in [0.1, 0.15) is 16.8 Å². The van der Waals surface area contributed by atoms with Gasteiger partial charge in [-0.1, -0.05) is 109 Å². The van der Waals surface area contributed by atoms with E-state index < -0.39 is 0 Å². The molecule has 0 amide bonds. The highest BCUT2D eigenvalue weighted by molar-refractivity contribution is 6.24. The third kappa shape index (κ3) is 3.98. The number of fused-ring (bicyclic) bond motifs is 12. The average Bonchev–Trinajstić information content (AvgIpc) is 3.76. The summed E-state index contributed by atoms with van der Waals surface area (Å²) in [5.74, 6) is 0.707. The Balaban J connectivity index is 1.12. The summed E-state index contributed by atoms with van der Waals surface area (Å²) in [6, 6.07) is 52.7. The Morgan fingerprint density at radius 1 is 0.420 bits per heavy atom. The Hall–Kier alpha value is -6.85. The molecule has 0 saturated heterocycles. The first kappa shape index (κ1) is 27.1. The van der Waals surface area contributed by atoms with Crippen molar-refractivity contribution in [3.05, 3.63) is 158 Å². The van der Waals surface area contributed by atoms with Crippen molar-refractivity contribution in [2.75, 3.05) is 0 Å². The van der Waals surface area contributed by atoms with E-state index in [1.165, 1.54) is 0 Å². The van der Waals surface area contributed by atoms with Gasteiger partial charge >= 0.3 is 0 Å². The van der Waals surface area contributed by atoms with Crippen LogP contribution in [0.1, 0.15) is 0 Å². The third-order valence-electron chi connectivity index (χ3n) is 9.99. The molecule has 0 atom stereocenters. The van der Waals surface area contributed by atoms with Crippen molar-refractivity contribution in [1.82, 2.24) is 19.4 Å². The monoisotopic (exact) mass is 638 g/mol. The second-order valence-corrected chi connectivity index (χ2v) is 12.8. The molecule has 50 heavy (non-hydrogen) atoms. The Morgan fingerprint density at radius 3 is 2.02 bits per heavy atom. The Labute approximate surface area is 285 Å². The van der Waals surface area contributed by atoms with E-state index in [2.05, 4.69) is 132 Å². The summed E-state index contributed by atoms with van der Waals surface area (Å²) in [5.41, 5.74) is 10.9. The summed E-state index contributed by atoms with van der Waals surface area (Å²) < 4.78 is 8.31. The summed E-state index contributed by atoms with van der Waals surface area (Å²) in [7, 11) is 0. The first-order valence-corrected chi connectivity index (χ1v) is 16.8. The van der Waals surface area contributed by atoms with Crippen molar-refractivity contribution in [1.29, 1.82) is 0 Å². The maximum Gasteiger partial charge on any atom is 0.160 e. The molecule has 5 nitrogen and oxygen atoms in total. The van der Waals surface area contributed by atoms with Gasteiger partial charge in [-0.3, -0.25) is 4.40 Å². The number of pyridine rings is 1. The van der Waals surface area contributed by atoms with Crippen LogP contribution in [-0.4, -0.2) is 19.4 Å². The SMILES string of the molecule is c1ccc(-c2nc(-c3ccc4c(c3)c3ccccc3c3nc5cc(-c6ccc7oc8ccccc8c7c6)ccn5c43)nc3ccccc23)cc1. The van der Waals surface area contributed by atoms with Gasteiger partial charge in [0.2, 0.25) is 0 Å². The van der Waals surface area contributed by atoms with Crippen LogP contribution in [0.5, 0.6) is 0 Å². The van der Waals surface area contributed by atoms with Crippen LogP contribution in [-0.2, 0) is 0 Å². The minimum absolute atomic E-state index is 0.707. The summed E-state index contributed by atoms with van der Waals surface area (Å²) in [6.07, 6.45) is 2.15. The summed E-state index contributed by atoms with van der Waals surface area (Å²) in [6.45, 7) is 0. The van der Waals surface area contributed by atoms with Crippen LogP contribution in [0.4, 0.5) is 0 Å². The second-order valence-electron chi connectivity index (χ2n) is 12.8. The fourth-order valence-corrected chi connectivity index (χ4v) is 7.63. The highest BCUT2D eigenvalue weighted by Crippen LogP contribution is 2.39. The molecular weight excluding hydrogens is 613 g/mol. The lowest BCUT2D eigenvalue weighted by molar-refractivity contribution is 0.669. The molecule has 0 radical (unpaired) electrons. The van der Waals surface area contributed by atoms with E-state index >= 15 is 0 Å². The Morgan fingerprint density at radius 2 is 1.12 bits per heavy atom. The van der Waals surface area contributed by atoms with Crippen LogP contribution in [0, 0.1) is 0 Å². The molecule has 0 N–H and O–H groups in total. The number of nitrogens with zero attached hydrogens (tertiary/aromatic N) is 4. The number of para-hydroxylation sites is 2. The lowest BCUT2D eigenvalue weighted by atomic mass is 9.97. The maximum atomic E-state index is 6.09. The molecule has 5 heteroatoms. The minimum Gasteiger partial charge on any atom is -0.456 e. The summed E-state index contributed by atoms with van der Waals surface area (Å²) in [5, 5.41) is 7.84. The molecule has 7 aromatic carbocycles. The van der Waals surface area contributed by atoms with Gasteiger partial charge in [-0.25, -0.2) is 15.0 Å².